The van der Waals surface area contributed by atoms with E-state index in [1.54, 1.807) is 35.2 Å². The van der Waals surface area contributed by atoms with E-state index >= 15 is 0 Å². The first-order valence-electron chi connectivity index (χ1n) is 12.6. The van der Waals surface area contributed by atoms with Gasteiger partial charge in [0.1, 0.15) is 0 Å². The fraction of sp³-hybridized carbons (Fsp3) is 0.276. The number of carbonyl (C=O) groups excluding carboxylic acids is 3. The largest absolute Gasteiger partial charge is 0.337 e. The molecule has 2 aliphatic heterocycles. The van der Waals surface area contributed by atoms with Gasteiger partial charge < -0.3 is 15.5 Å². The number of halogens is 2. The molecule has 1 atom stereocenters. The van der Waals surface area contributed by atoms with Crippen LogP contribution in [0.1, 0.15) is 50.7 Å². The van der Waals surface area contributed by atoms with Crippen molar-refractivity contribution in [1.82, 2.24) is 10.2 Å². The van der Waals surface area contributed by atoms with E-state index < -0.39 is 6.04 Å². The second-order valence-corrected chi connectivity index (χ2v) is 10.4. The standard InChI is InChI=1S/C29H28Cl2N4O3/c1-18-3-5-19(6-4-18)26-17-27(36)33-24-16-21(28(37)34-13-2-11-32-12-14-34)8-10-25(24)35(26)29(38)20-7-9-22(30)23(31)15-20/h3-10,15-16,26,32H,2,11-14,17H2,1H3,(H,33,36). The van der Waals surface area contributed by atoms with Crippen molar-refractivity contribution in [2.45, 2.75) is 25.8 Å². The smallest absolute Gasteiger partial charge is 0.258 e. The third kappa shape index (κ3) is 5.41. The minimum absolute atomic E-state index is 0.0475. The summed E-state index contributed by atoms with van der Waals surface area (Å²) < 4.78 is 0. The van der Waals surface area contributed by atoms with Gasteiger partial charge in [0.25, 0.3) is 11.8 Å². The molecule has 196 valence electrons. The summed E-state index contributed by atoms with van der Waals surface area (Å²) in [7, 11) is 0. The molecule has 0 aromatic heterocycles. The van der Waals surface area contributed by atoms with E-state index in [9.17, 15) is 14.4 Å². The zero-order valence-corrected chi connectivity index (χ0v) is 22.5. The number of carbonyl (C=O) groups is 3. The highest BCUT2D eigenvalue weighted by atomic mass is 35.5. The van der Waals surface area contributed by atoms with Crippen LogP contribution in [0.25, 0.3) is 0 Å². The van der Waals surface area contributed by atoms with Crippen molar-refractivity contribution in [3.63, 3.8) is 0 Å². The summed E-state index contributed by atoms with van der Waals surface area (Å²) >= 11 is 12.4. The Balaban J connectivity index is 1.60. The summed E-state index contributed by atoms with van der Waals surface area (Å²) in [6.07, 6.45) is 0.920. The second-order valence-electron chi connectivity index (χ2n) is 9.61. The lowest BCUT2D eigenvalue weighted by atomic mass is 9.98. The summed E-state index contributed by atoms with van der Waals surface area (Å²) in [6, 6.07) is 17.1. The molecule has 7 nitrogen and oxygen atoms in total. The maximum absolute atomic E-state index is 14.0. The third-order valence-electron chi connectivity index (χ3n) is 6.94. The fourth-order valence-electron chi connectivity index (χ4n) is 4.92. The molecule has 0 spiro atoms. The predicted octanol–water partition coefficient (Wildman–Crippen LogP) is 5.47. The maximum atomic E-state index is 14.0. The lowest BCUT2D eigenvalue weighted by molar-refractivity contribution is -0.116. The Bertz CT molecular complexity index is 1390. The van der Waals surface area contributed by atoms with Crippen molar-refractivity contribution in [3.8, 4) is 0 Å². The van der Waals surface area contributed by atoms with E-state index in [2.05, 4.69) is 10.6 Å². The van der Waals surface area contributed by atoms with Crippen LogP contribution >= 0.6 is 23.2 Å². The van der Waals surface area contributed by atoms with Crippen LogP contribution in [-0.2, 0) is 4.79 Å². The fourth-order valence-corrected chi connectivity index (χ4v) is 5.22. The molecule has 3 amide bonds. The van der Waals surface area contributed by atoms with Gasteiger partial charge in [0.05, 0.1) is 33.9 Å². The minimum atomic E-state index is -0.572. The van der Waals surface area contributed by atoms with Gasteiger partial charge in [0.15, 0.2) is 0 Å². The molecule has 2 aliphatic rings. The average Bonchev–Trinajstić information content (AvgIpc) is 3.27. The van der Waals surface area contributed by atoms with E-state index in [-0.39, 0.29) is 29.2 Å². The van der Waals surface area contributed by atoms with E-state index in [0.29, 0.717) is 40.6 Å². The summed E-state index contributed by atoms with van der Waals surface area (Å²) in [4.78, 5) is 43.9. The summed E-state index contributed by atoms with van der Waals surface area (Å²) in [5, 5.41) is 6.85. The highest BCUT2D eigenvalue weighted by Crippen LogP contribution is 2.40. The molecule has 1 fully saturated rings. The number of hydrogen-bond donors (Lipinski definition) is 2. The van der Waals surface area contributed by atoms with Crippen molar-refractivity contribution < 1.29 is 14.4 Å². The van der Waals surface area contributed by atoms with Gasteiger partial charge in [0, 0.05) is 30.8 Å². The summed E-state index contributed by atoms with van der Waals surface area (Å²) in [5.41, 5.74) is 3.62. The number of rotatable bonds is 3. The monoisotopic (exact) mass is 550 g/mol. The zero-order valence-electron chi connectivity index (χ0n) is 21.0. The molecular formula is C29H28Cl2N4O3. The predicted molar refractivity (Wildman–Crippen MR) is 150 cm³/mol. The van der Waals surface area contributed by atoms with Crippen molar-refractivity contribution in [1.29, 1.82) is 0 Å². The van der Waals surface area contributed by atoms with Crippen LogP contribution < -0.4 is 15.5 Å². The number of amides is 3. The minimum Gasteiger partial charge on any atom is -0.337 e. The molecule has 2 N–H and O–H groups in total. The molecule has 0 aliphatic carbocycles. The first-order valence-corrected chi connectivity index (χ1v) is 13.4. The lowest BCUT2D eigenvalue weighted by Crippen LogP contribution is -2.35. The SMILES string of the molecule is Cc1ccc(C2CC(=O)Nc3cc(C(=O)N4CCCNCC4)ccc3N2C(=O)c2ccc(Cl)c(Cl)c2)cc1. The summed E-state index contributed by atoms with van der Waals surface area (Å²) in [5.74, 6) is -0.679. The molecular weight excluding hydrogens is 523 g/mol. The number of benzene rings is 3. The van der Waals surface area contributed by atoms with E-state index in [0.717, 1.165) is 30.6 Å². The van der Waals surface area contributed by atoms with Crippen molar-refractivity contribution >= 4 is 52.3 Å². The molecule has 3 aromatic rings. The van der Waals surface area contributed by atoms with Gasteiger partial charge in [0.2, 0.25) is 5.91 Å². The van der Waals surface area contributed by atoms with Crippen LogP contribution in [0.15, 0.2) is 60.7 Å². The number of nitrogens with one attached hydrogen (secondary N) is 2. The molecule has 3 aromatic carbocycles. The van der Waals surface area contributed by atoms with E-state index in [1.165, 1.54) is 6.07 Å². The number of anilines is 2. The Morgan fingerprint density at radius 3 is 2.37 bits per heavy atom. The van der Waals surface area contributed by atoms with E-state index in [4.69, 9.17) is 23.2 Å². The van der Waals surface area contributed by atoms with Gasteiger partial charge >= 0.3 is 0 Å². The molecule has 0 radical (unpaired) electrons. The van der Waals surface area contributed by atoms with Crippen LogP contribution in [0.5, 0.6) is 0 Å². The molecule has 0 saturated carbocycles. The number of nitrogens with zero attached hydrogens (tertiary/aromatic N) is 2. The Morgan fingerprint density at radius 1 is 0.868 bits per heavy atom. The van der Waals surface area contributed by atoms with Crippen LogP contribution in [0, 0.1) is 6.92 Å². The number of aryl methyl sites for hydroxylation is 1. The van der Waals surface area contributed by atoms with Crippen molar-refractivity contribution in [2.75, 3.05) is 36.4 Å². The van der Waals surface area contributed by atoms with Crippen LogP contribution in [0.4, 0.5) is 11.4 Å². The molecule has 0 bridgehead atoms. The van der Waals surface area contributed by atoms with Gasteiger partial charge in [-0.15, -0.1) is 0 Å². The molecule has 1 saturated heterocycles. The number of hydrogen-bond acceptors (Lipinski definition) is 4. The van der Waals surface area contributed by atoms with Gasteiger partial charge in [-0.1, -0.05) is 53.0 Å². The molecule has 2 heterocycles. The van der Waals surface area contributed by atoms with Crippen molar-refractivity contribution in [2.24, 2.45) is 0 Å². The Morgan fingerprint density at radius 2 is 1.61 bits per heavy atom. The van der Waals surface area contributed by atoms with Crippen LogP contribution in [-0.4, -0.2) is 48.8 Å². The Labute approximate surface area is 231 Å². The normalized spacial score (nSPS) is 17.8. The number of fused-ring (bicyclic) bond motifs is 1. The van der Waals surface area contributed by atoms with E-state index in [1.807, 2.05) is 36.1 Å². The molecule has 9 heteroatoms. The van der Waals surface area contributed by atoms with Crippen LogP contribution in [0.2, 0.25) is 10.0 Å². The molecule has 1 unspecified atom stereocenters. The van der Waals surface area contributed by atoms with Crippen LogP contribution in [0.3, 0.4) is 0 Å². The average molecular weight is 551 g/mol. The first kappa shape index (κ1) is 26.2. The quantitative estimate of drug-likeness (QED) is 0.453. The van der Waals surface area contributed by atoms with Gasteiger partial charge in [-0.2, -0.15) is 0 Å². The van der Waals surface area contributed by atoms with Gasteiger partial charge in [-0.3, -0.25) is 19.3 Å². The third-order valence-corrected chi connectivity index (χ3v) is 7.68. The lowest BCUT2D eigenvalue weighted by Gasteiger charge is -2.31. The topological polar surface area (TPSA) is 81.8 Å². The highest BCUT2D eigenvalue weighted by molar-refractivity contribution is 6.42. The Kier molecular flexibility index (Phi) is 7.70. The van der Waals surface area contributed by atoms with Gasteiger partial charge in [-0.25, -0.2) is 0 Å². The summed E-state index contributed by atoms with van der Waals surface area (Å²) in [6.45, 7) is 4.86. The second kappa shape index (κ2) is 11.2. The highest BCUT2D eigenvalue weighted by Gasteiger charge is 2.35. The first-order chi connectivity index (χ1) is 18.3. The van der Waals surface area contributed by atoms with Crippen molar-refractivity contribution in [3.05, 3.63) is 93.0 Å². The molecule has 38 heavy (non-hydrogen) atoms. The maximum Gasteiger partial charge on any atom is 0.258 e. The zero-order chi connectivity index (χ0) is 26.8. The molecule has 5 rings (SSSR count). The Hall–Kier alpha value is -3.39. The van der Waals surface area contributed by atoms with Gasteiger partial charge in [-0.05, 0) is 61.9 Å².